The molecule has 1 aliphatic rings. The van der Waals surface area contributed by atoms with Gasteiger partial charge in [-0.3, -0.25) is 9.59 Å². The minimum atomic E-state index is -0.595. The molecule has 0 bridgehead atoms. The summed E-state index contributed by atoms with van der Waals surface area (Å²) < 4.78 is 5.47. The molecule has 4 rings (SSSR count). The van der Waals surface area contributed by atoms with E-state index in [1.54, 1.807) is 24.0 Å². The quantitative estimate of drug-likeness (QED) is 0.563. The Kier molecular flexibility index (Phi) is 7.60. The summed E-state index contributed by atoms with van der Waals surface area (Å²) in [5.74, 6) is 0.582. The largest absolute Gasteiger partial charge is 0.496 e. The van der Waals surface area contributed by atoms with Crippen LogP contribution in [0, 0.1) is 0 Å². The molecule has 0 aliphatic carbocycles. The second kappa shape index (κ2) is 11.0. The van der Waals surface area contributed by atoms with Gasteiger partial charge in [-0.25, -0.2) is 0 Å². The second-order valence-corrected chi connectivity index (χ2v) is 8.54. The standard InChI is InChI=1S/C28H31N3O3/c1-30(20-23-15-9-10-16-25(23)34-2)27(32)24(19-21-11-5-3-6-12-21)31-18-17-29-26(28(31)33)22-13-7-4-8-14-22/h3-16,24,26,29H,17-20H2,1-2H3/t24-,26+/m1/s1. The average Bonchev–Trinajstić information content (AvgIpc) is 2.88. The number of hydrogen-bond acceptors (Lipinski definition) is 4. The van der Waals surface area contributed by atoms with Gasteiger partial charge in [0.15, 0.2) is 0 Å². The Morgan fingerprint density at radius 2 is 1.68 bits per heavy atom. The van der Waals surface area contributed by atoms with Crippen molar-refractivity contribution in [2.24, 2.45) is 0 Å². The summed E-state index contributed by atoms with van der Waals surface area (Å²) in [5, 5.41) is 3.32. The number of nitrogens with zero attached hydrogens (tertiary/aromatic N) is 2. The lowest BCUT2D eigenvalue weighted by atomic mass is 9.98. The van der Waals surface area contributed by atoms with Crippen molar-refractivity contribution >= 4 is 11.8 Å². The molecule has 2 amide bonds. The molecule has 2 atom stereocenters. The smallest absolute Gasteiger partial charge is 0.245 e. The molecule has 1 heterocycles. The molecule has 176 valence electrons. The molecule has 1 N–H and O–H groups in total. The van der Waals surface area contributed by atoms with E-state index < -0.39 is 12.1 Å². The first-order valence-electron chi connectivity index (χ1n) is 11.6. The van der Waals surface area contributed by atoms with Crippen molar-refractivity contribution in [2.45, 2.75) is 25.0 Å². The minimum absolute atomic E-state index is 0.0718. The van der Waals surface area contributed by atoms with Gasteiger partial charge in [-0.2, -0.15) is 0 Å². The van der Waals surface area contributed by atoms with Crippen molar-refractivity contribution in [3.05, 3.63) is 102 Å². The number of rotatable bonds is 8. The van der Waals surface area contributed by atoms with Gasteiger partial charge in [0.1, 0.15) is 17.8 Å². The SMILES string of the molecule is COc1ccccc1CN(C)C(=O)[C@@H](Cc1ccccc1)N1CCN[C@@H](c2ccccc2)C1=O. The topological polar surface area (TPSA) is 61.9 Å². The lowest BCUT2D eigenvalue weighted by Crippen LogP contribution is -2.58. The van der Waals surface area contributed by atoms with E-state index in [1.165, 1.54) is 0 Å². The number of carbonyl (C=O) groups excluding carboxylic acids is 2. The van der Waals surface area contributed by atoms with Gasteiger partial charge >= 0.3 is 0 Å². The third-order valence-electron chi connectivity index (χ3n) is 6.27. The molecule has 1 aliphatic heterocycles. The molecule has 3 aromatic rings. The van der Waals surface area contributed by atoms with Crippen LogP contribution >= 0.6 is 0 Å². The maximum absolute atomic E-state index is 13.8. The summed E-state index contributed by atoms with van der Waals surface area (Å²) in [7, 11) is 3.41. The number of methoxy groups -OCH3 is 1. The van der Waals surface area contributed by atoms with E-state index in [0.29, 0.717) is 26.1 Å². The highest BCUT2D eigenvalue weighted by Crippen LogP contribution is 2.24. The highest BCUT2D eigenvalue weighted by Gasteiger charge is 2.38. The Morgan fingerprint density at radius 3 is 2.38 bits per heavy atom. The Hall–Kier alpha value is -3.64. The van der Waals surface area contributed by atoms with Crippen molar-refractivity contribution in [1.29, 1.82) is 0 Å². The van der Waals surface area contributed by atoms with Crippen LogP contribution in [0.1, 0.15) is 22.7 Å². The lowest BCUT2D eigenvalue weighted by Gasteiger charge is -2.39. The Labute approximate surface area is 201 Å². The maximum atomic E-state index is 13.8. The van der Waals surface area contributed by atoms with Crippen LogP contribution in [0.25, 0.3) is 0 Å². The first-order valence-corrected chi connectivity index (χ1v) is 11.6. The third kappa shape index (κ3) is 5.29. The zero-order valence-corrected chi connectivity index (χ0v) is 19.7. The number of benzene rings is 3. The van der Waals surface area contributed by atoms with E-state index in [-0.39, 0.29) is 11.8 Å². The van der Waals surface area contributed by atoms with E-state index in [1.807, 2.05) is 84.9 Å². The summed E-state index contributed by atoms with van der Waals surface area (Å²) in [5.41, 5.74) is 2.85. The van der Waals surface area contributed by atoms with Gasteiger partial charge in [-0.15, -0.1) is 0 Å². The Morgan fingerprint density at radius 1 is 1.03 bits per heavy atom. The zero-order chi connectivity index (χ0) is 23.9. The fourth-order valence-electron chi connectivity index (χ4n) is 4.50. The first-order chi connectivity index (χ1) is 16.6. The molecular formula is C28H31N3O3. The summed E-state index contributed by atoms with van der Waals surface area (Å²) in [6.45, 7) is 1.50. The van der Waals surface area contributed by atoms with Crippen molar-refractivity contribution in [1.82, 2.24) is 15.1 Å². The molecule has 6 nitrogen and oxygen atoms in total. The molecule has 6 heteroatoms. The number of para-hydroxylation sites is 1. The number of piperazine rings is 1. The van der Waals surface area contributed by atoms with Crippen LogP contribution in [0.2, 0.25) is 0 Å². The number of ether oxygens (including phenoxy) is 1. The molecule has 0 saturated carbocycles. The number of carbonyl (C=O) groups is 2. The fourth-order valence-corrected chi connectivity index (χ4v) is 4.50. The number of amides is 2. The van der Waals surface area contributed by atoms with Crippen LogP contribution < -0.4 is 10.1 Å². The van der Waals surface area contributed by atoms with Crippen LogP contribution in [0.5, 0.6) is 5.75 Å². The van der Waals surface area contributed by atoms with E-state index in [0.717, 1.165) is 22.4 Å². The lowest BCUT2D eigenvalue weighted by molar-refractivity contribution is -0.148. The molecule has 0 radical (unpaired) electrons. The van der Waals surface area contributed by atoms with E-state index >= 15 is 0 Å². The van der Waals surface area contributed by atoms with Crippen LogP contribution in [-0.4, -0.2) is 54.9 Å². The normalized spacial score (nSPS) is 16.7. The van der Waals surface area contributed by atoms with Crippen molar-refractivity contribution in [3.63, 3.8) is 0 Å². The maximum Gasteiger partial charge on any atom is 0.245 e. The molecule has 0 aromatic heterocycles. The van der Waals surface area contributed by atoms with E-state index in [2.05, 4.69) is 5.32 Å². The summed E-state index contributed by atoms with van der Waals surface area (Å²) >= 11 is 0. The van der Waals surface area contributed by atoms with Crippen LogP contribution in [-0.2, 0) is 22.6 Å². The van der Waals surface area contributed by atoms with E-state index in [9.17, 15) is 9.59 Å². The number of likely N-dealkylation sites (N-methyl/N-ethyl adjacent to an activating group) is 1. The van der Waals surface area contributed by atoms with Gasteiger partial charge in [0.25, 0.3) is 0 Å². The van der Waals surface area contributed by atoms with Gasteiger partial charge in [0.2, 0.25) is 11.8 Å². The molecule has 0 unspecified atom stereocenters. The Bertz CT molecular complexity index is 1100. The highest BCUT2D eigenvalue weighted by molar-refractivity contribution is 5.91. The highest BCUT2D eigenvalue weighted by atomic mass is 16.5. The third-order valence-corrected chi connectivity index (χ3v) is 6.27. The minimum Gasteiger partial charge on any atom is -0.496 e. The fraction of sp³-hybridized carbons (Fsp3) is 0.286. The summed E-state index contributed by atoms with van der Waals surface area (Å²) in [6, 6.07) is 26.2. The van der Waals surface area contributed by atoms with Crippen LogP contribution in [0.15, 0.2) is 84.9 Å². The second-order valence-electron chi connectivity index (χ2n) is 8.54. The van der Waals surface area contributed by atoms with Gasteiger partial charge in [0.05, 0.1) is 7.11 Å². The summed E-state index contributed by atoms with van der Waals surface area (Å²) in [4.78, 5) is 30.9. The van der Waals surface area contributed by atoms with Crippen LogP contribution in [0.4, 0.5) is 0 Å². The number of hydrogen-bond donors (Lipinski definition) is 1. The van der Waals surface area contributed by atoms with Gasteiger partial charge < -0.3 is 19.9 Å². The molecule has 1 saturated heterocycles. The predicted molar refractivity (Wildman–Crippen MR) is 132 cm³/mol. The zero-order valence-electron chi connectivity index (χ0n) is 19.7. The van der Waals surface area contributed by atoms with Crippen molar-refractivity contribution in [2.75, 3.05) is 27.2 Å². The monoisotopic (exact) mass is 457 g/mol. The predicted octanol–water partition coefficient (Wildman–Crippen LogP) is 3.44. The molecule has 1 fully saturated rings. The Balaban J connectivity index is 1.60. The molecule has 0 spiro atoms. The van der Waals surface area contributed by atoms with Crippen molar-refractivity contribution in [3.8, 4) is 5.75 Å². The summed E-state index contributed by atoms with van der Waals surface area (Å²) in [6.07, 6.45) is 0.461. The van der Waals surface area contributed by atoms with Gasteiger partial charge in [-0.05, 0) is 17.2 Å². The van der Waals surface area contributed by atoms with Gasteiger partial charge in [-0.1, -0.05) is 78.9 Å². The number of nitrogens with one attached hydrogen (secondary N) is 1. The molecule has 3 aromatic carbocycles. The average molecular weight is 458 g/mol. The first kappa shape index (κ1) is 23.5. The van der Waals surface area contributed by atoms with Crippen LogP contribution in [0.3, 0.4) is 0 Å². The molecular weight excluding hydrogens is 426 g/mol. The van der Waals surface area contributed by atoms with Gasteiger partial charge in [0, 0.05) is 38.7 Å². The van der Waals surface area contributed by atoms with E-state index in [4.69, 9.17) is 4.74 Å². The molecule has 34 heavy (non-hydrogen) atoms. The van der Waals surface area contributed by atoms with Crippen molar-refractivity contribution < 1.29 is 14.3 Å².